The quantitative estimate of drug-likeness (QED) is 0.620. The molecule has 14 heavy (non-hydrogen) atoms. The van der Waals surface area contributed by atoms with Crippen LogP contribution in [0.3, 0.4) is 0 Å². The van der Waals surface area contributed by atoms with Crippen LogP contribution in [0.25, 0.3) is 0 Å². The molecule has 0 aliphatic carbocycles. The maximum absolute atomic E-state index is 12.9. The van der Waals surface area contributed by atoms with E-state index in [2.05, 4.69) is 0 Å². The van der Waals surface area contributed by atoms with E-state index < -0.39 is 5.82 Å². The molecule has 0 heterocycles. The Morgan fingerprint density at radius 3 is 2.86 bits per heavy atom. The highest BCUT2D eigenvalue weighted by molar-refractivity contribution is 6.13. The Bertz CT molecular complexity index is 307. The highest BCUT2D eigenvalue weighted by atomic mass is 35.5. The van der Waals surface area contributed by atoms with Gasteiger partial charge in [0.25, 0.3) is 0 Å². The summed E-state index contributed by atoms with van der Waals surface area (Å²) in [7, 11) is 1.72. The third-order valence-electron chi connectivity index (χ3n) is 1.64. The van der Waals surface area contributed by atoms with Crippen LogP contribution in [-0.2, 0) is 0 Å². The lowest BCUT2D eigenvalue weighted by Crippen LogP contribution is -2.14. The lowest BCUT2D eigenvalue weighted by Gasteiger charge is -2.09. The smallest absolute Gasteiger partial charge is 0.149 e. The molecule has 1 aromatic rings. The first-order valence-corrected chi connectivity index (χ1v) is 4.48. The molecule has 2 N–H and O–H groups in total. The number of nitrogens with zero attached hydrogens (tertiary/aromatic N) is 1. The third-order valence-corrected chi connectivity index (χ3v) is 1.81. The standard InChI is InChI=1S/C9H12ClFN2O/c1-13(10)4-5-14-7-2-3-9(12)8(11)6-7/h2-3,6H,4-5,12H2,1H3. The monoisotopic (exact) mass is 218 g/mol. The summed E-state index contributed by atoms with van der Waals surface area (Å²) in [6, 6.07) is 4.34. The van der Waals surface area contributed by atoms with E-state index in [1.54, 1.807) is 13.1 Å². The van der Waals surface area contributed by atoms with Crippen molar-refractivity contribution in [2.45, 2.75) is 0 Å². The van der Waals surface area contributed by atoms with Crippen molar-refractivity contribution >= 4 is 17.5 Å². The van der Waals surface area contributed by atoms with Gasteiger partial charge < -0.3 is 10.5 Å². The second-order valence-electron chi connectivity index (χ2n) is 2.86. The SMILES string of the molecule is CN(Cl)CCOc1ccc(N)c(F)c1. The fourth-order valence-electron chi connectivity index (χ4n) is 0.887. The molecule has 0 radical (unpaired) electrons. The number of rotatable bonds is 4. The third kappa shape index (κ3) is 3.40. The van der Waals surface area contributed by atoms with E-state index in [9.17, 15) is 4.39 Å². The number of hydrogen-bond acceptors (Lipinski definition) is 3. The molecule has 0 aromatic heterocycles. The molecule has 0 saturated carbocycles. The Morgan fingerprint density at radius 2 is 2.29 bits per heavy atom. The number of anilines is 1. The molecule has 5 heteroatoms. The predicted molar refractivity (Wildman–Crippen MR) is 54.8 cm³/mol. The average Bonchev–Trinajstić information content (AvgIpc) is 2.10. The number of hydrogen-bond donors (Lipinski definition) is 1. The van der Waals surface area contributed by atoms with Gasteiger partial charge in [0.15, 0.2) is 0 Å². The number of nitrogen functional groups attached to an aromatic ring is 1. The summed E-state index contributed by atoms with van der Waals surface area (Å²) in [5.74, 6) is -0.0167. The molecule has 0 bridgehead atoms. The second-order valence-corrected chi connectivity index (χ2v) is 3.44. The van der Waals surface area contributed by atoms with Gasteiger partial charge in [0.1, 0.15) is 18.2 Å². The highest BCUT2D eigenvalue weighted by Crippen LogP contribution is 2.17. The fourth-order valence-corrected chi connectivity index (χ4v) is 0.956. The molecular weight excluding hydrogens is 207 g/mol. The van der Waals surface area contributed by atoms with Crippen LogP contribution < -0.4 is 10.5 Å². The Balaban J connectivity index is 2.47. The van der Waals surface area contributed by atoms with E-state index in [-0.39, 0.29) is 5.69 Å². The van der Waals surface area contributed by atoms with Crippen molar-refractivity contribution < 1.29 is 9.13 Å². The van der Waals surface area contributed by atoms with Crippen LogP contribution in [0.15, 0.2) is 18.2 Å². The van der Waals surface area contributed by atoms with E-state index in [1.807, 2.05) is 0 Å². The van der Waals surface area contributed by atoms with Gasteiger partial charge in [-0.25, -0.2) is 8.81 Å². The minimum Gasteiger partial charge on any atom is -0.492 e. The fraction of sp³-hybridized carbons (Fsp3) is 0.333. The lowest BCUT2D eigenvalue weighted by atomic mass is 10.3. The van der Waals surface area contributed by atoms with Crippen LogP contribution in [0.5, 0.6) is 5.75 Å². The first-order valence-electron chi connectivity index (χ1n) is 4.14. The first kappa shape index (κ1) is 11.1. The van der Waals surface area contributed by atoms with E-state index in [0.717, 1.165) is 0 Å². The van der Waals surface area contributed by atoms with E-state index in [0.29, 0.717) is 18.9 Å². The van der Waals surface area contributed by atoms with Crippen molar-refractivity contribution in [1.29, 1.82) is 0 Å². The van der Waals surface area contributed by atoms with Crippen molar-refractivity contribution in [3.8, 4) is 5.75 Å². The highest BCUT2D eigenvalue weighted by Gasteiger charge is 2.00. The van der Waals surface area contributed by atoms with Crippen LogP contribution in [0.4, 0.5) is 10.1 Å². The minimum atomic E-state index is -0.471. The molecule has 0 atom stereocenters. The summed E-state index contributed by atoms with van der Waals surface area (Å²) in [5.41, 5.74) is 5.42. The van der Waals surface area contributed by atoms with E-state index in [1.165, 1.54) is 16.6 Å². The zero-order valence-electron chi connectivity index (χ0n) is 7.84. The van der Waals surface area contributed by atoms with Crippen LogP contribution in [-0.4, -0.2) is 24.6 Å². The number of ether oxygens (including phenoxy) is 1. The van der Waals surface area contributed by atoms with Crippen molar-refractivity contribution in [2.75, 3.05) is 25.9 Å². The molecule has 78 valence electrons. The zero-order valence-corrected chi connectivity index (χ0v) is 8.59. The summed E-state index contributed by atoms with van der Waals surface area (Å²) in [6.45, 7) is 0.969. The molecule has 0 unspecified atom stereocenters. The van der Waals surface area contributed by atoms with Crippen LogP contribution in [0, 0.1) is 5.82 Å². The number of halogens is 2. The van der Waals surface area contributed by atoms with Gasteiger partial charge in [-0.3, -0.25) is 0 Å². The maximum atomic E-state index is 12.9. The van der Waals surface area contributed by atoms with E-state index in [4.69, 9.17) is 22.2 Å². The van der Waals surface area contributed by atoms with Gasteiger partial charge in [-0.05, 0) is 23.9 Å². The van der Waals surface area contributed by atoms with Gasteiger partial charge in [-0.2, -0.15) is 0 Å². The van der Waals surface area contributed by atoms with E-state index >= 15 is 0 Å². The molecule has 0 fully saturated rings. The number of likely N-dealkylation sites (N-methyl/N-ethyl adjacent to an activating group) is 1. The molecule has 1 rings (SSSR count). The van der Waals surface area contributed by atoms with Gasteiger partial charge in [0.2, 0.25) is 0 Å². The molecule has 0 amide bonds. The molecule has 0 aliphatic heterocycles. The minimum absolute atomic E-state index is 0.117. The van der Waals surface area contributed by atoms with Crippen LogP contribution >= 0.6 is 11.8 Å². The predicted octanol–water partition coefficient (Wildman–Crippen LogP) is 1.87. The summed E-state index contributed by atoms with van der Waals surface area (Å²) >= 11 is 5.56. The topological polar surface area (TPSA) is 38.5 Å². The molecule has 0 aliphatic rings. The van der Waals surface area contributed by atoms with Crippen molar-refractivity contribution in [2.24, 2.45) is 0 Å². The second kappa shape index (κ2) is 5.02. The largest absolute Gasteiger partial charge is 0.492 e. The summed E-state index contributed by atoms with van der Waals surface area (Å²) in [6.07, 6.45) is 0. The lowest BCUT2D eigenvalue weighted by molar-refractivity contribution is 0.290. The van der Waals surface area contributed by atoms with Gasteiger partial charge in [-0.1, -0.05) is 0 Å². The Kier molecular flexibility index (Phi) is 3.98. The number of benzene rings is 1. The Hall–Kier alpha value is -1.00. The van der Waals surface area contributed by atoms with Crippen molar-refractivity contribution in [3.05, 3.63) is 24.0 Å². The first-order chi connectivity index (χ1) is 6.59. The summed E-state index contributed by atoms with van der Waals surface area (Å²) in [5, 5.41) is 0. The molecular formula is C9H12ClFN2O. The normalized spacial score (nSPS) is 10.6. The van der Waals surface area contributed by atoms with Gasteiger partial charge in [0.05, 0.1) is 5.69 Å². The number of nitrogens with two attached hydrogens (primary N) is 1. The van der Waals surface area contributed by atoms with Crippen LogP contribution in [0.1, 0.15) is 0 Å². The Labute approximate surface area is 87.3 Å². The van der Waals surface area contributed by atoms with Crippen molar-refractivity contribution in [3.63, 3.8) is 0 Å². The molecule has 3 nitrogen and oxygen atoms in total. The van der Waals surface area contributed by atoms with Gasteiger partial charge in [-0.15, -0.1) is 0 Å². The maximum Gasteiger partial charge on any atom is 0.149 e. The molecule has 0 saturated heterocycles. The van der Waals surface area contributed by atoms with Gasteiger partial charge >= 0.3 is 0 Å². The average molecular weight is 219 g/mol. The van der Waals surface area contributed by atoms with Crippen molar-refractivity contribution in [1.82, 2.24) is 4.42 Å². The molecule has 0 spiro atoms. The van der Waals surface area contributed by atoms with Crippen LogP contribution in [0.2, 0.25) is 0 Å². The zero-order chi connectivity index (χ0) is 10.6. The summed E-state index contributed by atoms with van der Waals surface area (Å²) < 4.78 is 19.6. The Morgan fingerprint density at radius 1 is 1.57 bits per heavy atom. The summed E-state index contributed by atoms with van der Waals surface area (Å²) in [4.78, 5) is 0. The molecule has 1 aromatic carbocycles. The van der Waals surface area contributed by atoms with Gasteiger partial charge in [0, 0.05) is 19.7 Å².